The topological polar surface area (TPSA) is 94.5 Å². The van der Waals surface area contributed by atoms with Gasteiger partial charge in [-0.15, -0.1) is 0 Å². The van der Waals surface area contributed by atoms with Crippen LogP contribution in [0.1, 0.15) is 18.4 Å². The zero-order valence-corrected chi connectivity index (χ0v) is 10.2. The van der Waals surface area contributed by atoms with Crippen LogP contribution in [0, 0.1) is 0 Å². The second-order valence-corrected chi connectivity index (χ2v) is 4.51. The highest BCUT2D eigenvalue weighted by Gasteiger charge is 2.22. The number of piperidine rings is 1. The van der Waals surface area contributed by atoms with Gasteiger partial charge in [0.25, 0.3) is 0 Å². The van der Waals surface area contributed by atoms with Crippen LogP contribution in [0.5, 0.6) is 0 Å². The third-order valence-electron chi connectivity index (χ3n) is 3.09. The Bertz CT molecular complexity index is 424. The van der Waals surface area contributed by atoms with Crippen molar-refractivity contribution < 1.29 is 9.53 Å². The molecule has 1 aliphatic heterocycles. The summed E-state index contributed by atoms with van der Waals surface area (Å²) in [5.41, 5.74) is 12.6. The number of nitrogen functional groups attached to an aromatic ring is 1. The molecule has 18 heavy (non-hydrogen) atoms. The SMILES string of the molecule is NC(=O)OC1CCCN(Cc2ccncc2N)C1. The summed E-state index contributed by atoms with van der Waals surface area (Å²) in [6.07, 6.45) is 4.42. The third kappa shape index (κ3) is 3.33. The minimum absolute atomic E-state index is 0.112. The molecule has 0 aliphatic carbocycles. The highest BCUT2D eigenvalue weighted by molar-refractivity contribution is 5.64. The Balaban J connectivity index is 1.93. The molecule has 0 radical (unpaired) electrons. The Kier molecular flexibility index (Phi) is 3.99. The van der Waals surface area contributed by atoms with Gasteiger partial charge in [0.15, 0.2) is 0 Å². The average molecular weight is 250 g/mol. The van der Waals surface area contributed by atoms with Crippen LogP contribution in [0.25, 0.3) is 0 Å². The second kappa shape index (κ2) is 5.68. The first-order valence-corrected chi connectivity index (χ1v) is 6.02. The predicted molar refractivity (Wildman–Crippen MR) is 67.6 cm³/mol. The Morgan fingerprint density at radius 3 is 3.17 bits per heavy atom. The zero-order valence-electron chi connectivity index (χ0n) is 10.2. The van der Waals surface area contributed by atoms with Crippen LogP contribution in [0.3, 0.4) is 0 Å². The molecule has 1 unspecified atom stereocenters. The molecule has 1 atom stereocenters. The molecule has 1 aromatic rings. The molecule has 1 saturated heterocycles. The van der Waals surface area contributed by atoms with Crippen LogP contribution < -0.4 is 11.5 Å². The van der Waals surface area contributed by atoms with E-state index in [0.717, 1.165) is 31.5 Å². The van der Waals surface area contributed by atoms with Crippen molar-refractivity contribution in [1.29, 1.82) is 0 Å². The largest absolute Gasteiger partial charge is 0.445 e. The molecule has 6 heteroatoms. The summed E-state index contributed by atoms with van der Waals surface area (Å²) < 4.78 is 5.04. The molecule has 2 heterocycles. The normalized spacial score (nSPS) is 20.6. The predicted octanol–water partition coefficient (Wildman–Crippen LogP) is 0.723. The van der Waals surface area contributed by atoms with E-state index in [9.17, 15) is 4.79 Å². The molecule has 98 valence electrons. The zero-order chi connectivity index (χ0) is 13.0. The number of nitrogens with two attached hydrogens (primary N) is 2. The number of hydrogen-bond donors (Lipinski definition) is 2. The van der Waals surface area contributed by atoms with Gasteiger partial charge >= 0.3 is 6.09 Å². The van der Waals surface area contributed by atoms with E-state index in [4.69, 9.17) is 16.2 Å². The van der Waals surface area contributed by atoms with E-state index < -0.39 is 6.09 Å². The van der Waals surface area contributed by atoms with Crippen molar-refractivity contribution in [2.24, 2.45) is 5.73 Å². The van der Waals surface area contributed by atoms with Gasteiger partial charge in [-0.1, -0.05) is 0 Å². The Hall–Kier alpha value is -1.82. The van der Waals surface area contributed by atoms with E-state index in [1.54, 1.807) is 12.4 Å². The number of pyridine rings is 1. The Morgan fingerprint density at radius 2 is 2.44 bits per heavy atom. The van der Waals surface area contributed by atoms with Gasteiger partial charge in [-0.2, -0.15) is 0 Å². The van der Waals surface area contributed by atoms with Gasteiger partial charge in [0, 0.05) is 19.3 Å². The van der Waals surface area contributed by atoms with Crippen molar-refractivity contribution in [2.75, 3.05) is 18.8 Å². The molecule has 0 spiro atoms. The molecule has 0 saturated carbocycles. The number of carbonyl (C=O) groups excluding carboxylic acids is 1. The van der Waals surface area contributed by atoms with Gasteiger partial charge in [0.05, 0.1) is 11.9 Å². The Labute approximate surface area is 106 Å². The number of carbonyl (C=O) groups is 1. The number of likely N-dealkylation sites (tertiary alicyclic amines) is 1. The summed E-state index contributed by atoms with van der Waals surface area (Å²) in [6.45, 7) is 2.41. The third-order valence-corrected chi connectivity index (χ3v) is 3.09. The lowest BCUT2D eigenvalue weighted by atomic mass is 10.1. The van der Waals surface area contributed by atoms with Gasteiger partial charge < -0.3 is 16.2 Å². The molecule has 1 aliphatic rings. The maximum Gasteiger partial charge on any atom is 0.404 e. The van der Waals surface area contributed by atoms with Crippen LogP contribution in [0.2, 0.25) is 0 Å². The van der Waals surface area contributed by atoms with Crippen LogP contribution in [-0.2, 0) is 11.3 Å². The van der Waals surface area contributed by atoms with Crippen LogP contribution in [0.15, 0.2) is 18.5 Å². The fourth-order valence-corrected chi connectivity index (χ4v) is 2.24. The highest BCUT2D eigenvalue weighted by Crippen LogP contribution is 2.18. The molecule has 1 amide bonds. The summed E-state index contributed by atoms with van der Waals surface area (Å²) in [5, 5.41) is 0. The highest BCUT2D eigenvalue weighted by atomic mass is 16.6. The van der Waals surface area contributed by atoms with Gasteiger partial charge in [0.1, 0.15) is 6.10 Å². The van der Waals surface area contributed by atoms with E-state index >= 15 is 0 Å². The maximum absolute atomic E-state index is 10.7. The fraction of sp³-hybridized carbons (Fsp3) is 0.500. The molecule has 4 N–H and O–H groups in total. The summed E-state index contributed by atoms with van der Waals surface area (Å²) in [7, 11) is 0. The molecule has 1 aromatic heterocycles. The number of anilines is 1. The summed E-state index contributed by atoms with van der Waals surface area (Å²) in [6, 6.07) is 1.91. The molecule has 0 bridgehead atoms. The first-order valence-electron chi connectivity index (χ1n) is 6.02. The lowest BCUT2D eigenvalue weighted by Gasteiger charge is -2.32. The first kappa shape index (κ1) is 12.6. The standard InChI is InChI=1S/C12H18N4O2/c13-11-6-15-4-3-9(11)7-16-5-1-2-10(8-16)18-12(14)17/h3-4,6,10H,1-2,5,7-8,13H2,(H2,14,17). The molecule has 0 aromatic carbocycles. The van der Waals surface area contributed by atoms with Crippen LogP contribution >= 0.6 is 0 Å². The van der Waals surface area contributed by atoms with Crippen molar-refractivity contribution in [1.82, 2.24) is 9.88 Å². The number of aromatic nitrogens is 1. The van der Waals surface area contributed by atoms with Crippen molar-refractivity contribution in [3.8, 4) is 0 Å². The maximum atomic E-state index is 10.7. The molecular weight excluding hydrogens is 232 g/mol. The van der Waals surface area contributed by atoms with E-state index in [2.05, 4.69) is 9.88 Å². The summed E-state index contributed by atoms with van der Waals surface area (Å²) in [5.74, 6) is 0. The van der Waals surface area contributed by atoms with Crippen LogP contribution in [0.4, 0.5) is 10.5 Å². The molecule has 2 rings (SSSR count). The summed E-state index contributed by atoms with van der Waals surface area (Å²) in [4.78, 5) is 16.9. The van der Waals surface area contributed by atoms with Gasteiger partial charge in [-0.25, -0.2) is 4.79 Å². The lowest BCUT2D eigenvalue weighted by molar-refractivity contribution is 0.0447. The average Bonchev–Trinajstić information content (AvgIpc) is 2.32. The van der Waals surface area contributed by atoms with Crippen molar-refractivity contribution in [3.63, 3.8) is 0 Å². The molecular formula is C12H18N4O2. The van der Waals surface area contributed by atoms with Crippen molar-refractivity contribution in [2.45, 2.75) is 25.5 Å². The van der Waals surface area contributed by atoms with Gasteiger partial charge in [0.2, 0.25) is 0 Å². The number of amides is 1. The monoisotopic (exact) mass is 250 g/mol. The van der Waals surface area contributed by atoms with Crippen molar-refractivity contribution in [3.05, 3.63) is 24.0 Å². The van der Waals surface area contributed by atoms with E-state index in [1.165, 1.54) is 0 Å². The number of rotatable bonds is 3. The fourth-order valence-electron chi connectivity index (χ4n) is 2.24. The summed E-state index contributed by atoms with van der Waals surface area (Å²) >= 11 is 0. The number of primary amides is 1. The second-order valence-electron chi connectivity index (χ2n) is 4.51. The first-order chi connectivity index (χ1) is 8.65. The minimum atomic E-state index is -0.703. The molecule has 1 fully saturated rings. The van der Waals surface area contributed by atoms with Gasteiger partial charge in [-0.3, -0.25) is 9.88 Å². The van der Waals surface area contributed by atoms with E-state index in [-0.39, 0.29) is 6.10 Å². The minimum Gasteiger partial charge on any atom is -0.445 e. The number of ether oxygens (including phenoxy) is 1. The quantitative estimate of drug-likeness (QED) is 0.824. The number of hydrogen-bond acceptors (Lipinski definition) is 5. The van der Waals surface area contributed by atoms with E-state index in [1.807, 2.05) is 6.07 Å². The van der Waals surface area contributed by atoms with Crippen molar-refractivity contribution >= 4 is 11.8 Å². The van der Waals surface area contributed by atoms with E-state index in [0.29, 0.717) is 12.2 Å². The lowest BCUT2D eigenvalue weighted by Crippen LogP contribution is -2.41. The van der Waals surface area contributed by atoms with Crippen LogP contribution in [-0.4, -0.2) is 35.2 Å². The number of nitrogens with zero attached hydrogens (tertiary/aromatic N) is 2. The van der Waals surface area contributed by atoms with Gasteiger partial charge in [-0.05, 0) is 31.0 Å². The molecule has 6 nitrogen and oxygen atoms in total. The smallest absolute Gasteiger partial charge is 0.404 e. The Morgan fingerprint density at radius 1 is 1.61 bits per heavy atom.